The number of hydrogen-bond acceptors (Lipinski definition) is 4. The first kappa shape index (κ1) is 11.0. The van der Waals surface area contributed by atoms with E-state index in [0.717, 1.165) is 11.3 Å². The van der Waals surface area contributed by atoms with E-state index < -0.39 is 0 Å². The van der Waals surface area contributed by atoms with Crippen molar-refractivity contribution in [2.45, 2.75) is 6.29 Å². The van der Waals surface area contributed by atoms with Crippen LogP contribution in [0.5, 0.6) is 0 Å². The number of fused-ring (bicyclic) bond motifs is 1. The summed E-state index contributed by atoms with van der Waals surface area (Å²) in [4.78, 5) is 8.92. The molecule has 0 aliphatic carbocycles. The summed E-state index contributed by atoms with van der Waals surface area (Å²) in [6, 6.07) is 12.3. The fourth-order valence-corrected chi connectivity index (χ4v) is 2.28. The van der Waals surface area contributed by atoms with Crippen molar-refractivity contribution in [3.63, 3.8) is 0 Å². The summed E-state index contributed by atoms with van der Waals surface area (Å²) < 4.78 is 0. The molecule has 4 heteroatoms. The lowest BCUT2D eigenvalue weighted by atomic mass is 10.2. The number of nitrogens with zero attached hydrogens (tertiary/aromatic N) is 3. The summed E-state index contributed by atoms with van der Waals surface area (Å²) in [5.41, 5.74) is 1.02. The molecular formula is C14H16N4. The summed E-state index contributed by atoms with van der Waals surface area (Å²) >= 11 is 0. The minimum absolute atomic E-state index is 0.124. The lowest BCUT2D eigenvalue weighted by Crippen LogP contribution is -2.46. The third-order valence-corrected chi connectivity index (χ3v) is 3.22. The van der Waals surface area contributed by atoms with Gasteiger partial charge in [-0.05, 0) is 25.2 Å². The van der Waals surface area contributed by atoms with Crippen molar-refractivity contribution < 1.29 is 0 Å². The molecule has 1 aliphatic heterocycles. The van der Waals surface area contributed by atoms with Gasteiger partial charge >= 0.3 is 0 Å². The summed E-state index contributed by atoms with van der Waals surface area (Å²) in [6.45, 7) is 0. The van der Waals surface area contributed by atoms with E-state index in [4.69, 9.17) is 4.98 Å². The van der Waals surface area contributed by atoms with Gasteiger partial charge < -0.3 is 4.90 Å². The van der Waals surface area contributed by atoms with Crippen molar-refractivity contribution in [3.05, 3.63) is 48.8 Å². The van der Waals surface area contributed by atoms with Crippen LogP contribution in [-0.2, 0) is 0 Å². The van der Waals surface area contributed by atoms with Gasteiger partial charge in [-0.15, -0.1) is 0 Å². The van der Waals surface area contributed by atoms with E-state index in [0.29, 0.717) is 0 Å². The SMILES string of the molecule is CN[C@H]1N(C)C=CN1c1ccc2ccccc2n1. The number of nitrogens with one attached hydrogen (secondary N) is 1. The van der Waals surface area contributed by atoms with E-state index in [1.807, 2.05) is 44.7 Å². The number of benzene rings is 1. The van der Waals surface area contributed by atoms with Crippen LogP contribution in [0, 0.1) is 0 Å². The minimum atomic E-state index is 0.124. The van der Waals surface area contributed by atoms with Crippen molar-refractivity contribution in [1.82, 2.24) is 15.2 Å². The normalized spacial score (nSPS) is 18.9. The fraction of sp³-hybridized carbons (Fsp3) is 0.214. The van der Waals surface area contributed by atoms with E-state index in [1.54, 1.807) is 0 Å². The molecule has 1 aromatic heterocycles. The zero-order valence-corrected chi connectivity index (χ0v) is 10.5. The fourth-order valence-electron chi connectivity index (χ4n) is 2.28. The third kappa shape index (κ3) is 1.71. The van der Waals surface area contributed by atoms with Gasteiger partial charge in [0, 0.05) is 24.8 Å². The third-order valence-electron chi connectivity index (χ3n) is 3.22. The first-order valence-electron chi connectivity index (χ1n) is 6.01. The van der Waals surface area contributed by atoms with E-state index in [1.165, 1.54) is 5.39 Å². The Morgan fingerprint density at radius 2 is 1.94 bits per heavy atom. The van der Waals surface area contributed by atoms with Crippen LogP contribution < -0.4 is 10.2 Å². The first-order valence-corrected chi connectivity index (χ1v) is 6.01. The van der Waals surface area contributed by atoms with E-state index in [9.17, 15) is 0 Å². The van der Waals surface area contributed by atoms with Crippen LogP contribution in [0.4, 0.5) is 5.82 Å². The smallest absolute Gasteiger partial charge is 0.162 e. The Hall–Kier alpha value is -2.07. The average molecular weight is 240 g/mol. The van der Waals surface area contributed by atoms with E-state index in [2.05, 4.69) is 33.3 Å². The Bertz CT molecular complexity index is 593. The van der Waals surface area contributed by atoms with Crippen molar-refractivity contribution in [2.75, 3.05) is 19.0 Å². The number of aromatic nitrogens is 1. The highest BCUT2D eigenvalue weighted by molar-refractivity contribution is 5.80. The zero-order valence-electron chi connectivity index (χ0n) is 10.5. The highest BCUT2D eigenvalue weighted by Crippen LogP contribution is 2.23. The molecule has 0 amide bonds. The monoisotopic (exact) mass is 240 g/mol. The molecule has 1 N–H and O–H groups in total. The van der Waals surface area contributed by atoms with E-state index >= 15 is 0 Å². The van der Waals surface area contributed by atoms with Crippen molar-refractivity contribution >= 4 is 16.7 Å². The second-order valence-electron chi connectivity index (χ2n) is 4.40. The molecule has 0 spiro atoms. The summed E-state index contributed by atoms with van der Waals surface area (Å²) in [5.74, 6) is 0.952. The molecule has 0 saturated heterocycles. The van der Waals surface area contributed by atoms with Gasteiger partial charge in [-0.2, -0.15) is 0 Å². The van der Waals surface area contributed by atoms with Crippen LogP contribution in [-0.4, -0.2) is 30.3 Å². The number of anilines is 1. The lowest BCUT2D eigenvalue weighted by Gasteiger charge is -2.29. The molecule has 18 heavy (non-hydrogen) atoms. The van der Waals surface area contributed by atoms with Crippen molar-refractivity contribution in [3.8, 4) is 0 Å². The quantitative estimate of drug-likeness (QED) is 0.869. The molecule has 0 radical (unpaired) electrons. The second kappa shape index (κ2) is 4.31. The topological polar surface area (TPSA) is 31.4 Å². The van der Waals surface area contributed by atoms with Gasteiger partial charge in [-0.25, -0.2) is 4.98 Å². The lowest BCUT2D eigenvalue weighted by molar-refractivity contribution is 0.318. The largest absolute Gasteiger partial charge is 0.347 e. The predicted octanol–water partition coefficient (Wildman–Crippen LogP) is 1.96. The van der Waals surface area contributed by atoms with Crippen LogP contribution in [0.25, 0.3) is 10.9 Å². The summed E-state index contributed by atoms with van der Waals surface area (Å²) in [6.07, 6.45) is 4.20. The van der Waals surface area contributed by atoms with Gasteiger partial charge in [0.1, 0.15) is 5.82 Å². The molecule has 0 fully saturated rings. The average Bonchev–Trinajstić information content (AvgIpc) is 2.79. The highest BCUT2D eigenvalue weighted by atomic mass is 15.5. The minimum Gasteiger partial charge on any atom is -0.347 e. The van der Waals surface area contributed by atoms with Crippen LogP contribution in [0.3, 0.4) is 0 Å². The molecule has 3 rings (SSSR count). The number of pyridine rings is 1. The number of rotatable bonds is 2. The molecule has 0 saturated carbocycles. The molecule has 4 nitrogen and oxygen atoms in total. The van der Waals surface area contributed by atoms with Gasteiger partial charge in [-0.1, -0.05) is 18.2 Å². The van der Waals surface area contributed by atoms with Crippen LogP contribution in [0.1, 0.15) is 0 Å². The number of hydrogen-bond donors (Lipinski definition) is 1. The van der Waals surface area contributed by atoms with E-state index in [-0.39, 0.29) is 6.29 Å². The summed E-state index contributed by atoms with van der Waals surface area (Å²) in [5, 5.41) is 4.43. The van der Waals surface area contributed by atoms with Crippen molar-refractivity contribution in [2.24, 2.45) is 0 Å². The van der Waals surface area contributed by atoms with Gasteiger partial charge in [0.25, 0.3) is 0 Å². The molecule has 0 bridgehead atoms. The standard InChI is InChI=1S/C14H16N4/c1-15-14-17(2)9-10-18(14)13-8-7-11-5-3-4-6-12(11)16-13/h3-10,14-15H,1-2H3/t14-/m0/s1. The first-order chi connectivity index (χ1) is 8.79. The Morgan fingerprint density at radius 3 is 2.78 bits per heavy atom. The maximum Gasteiger partial charge on any atom is 0.162 e. The maximum absolute atomic E-state index is 4.70. The highest BCUT2D eigenvalue weighted by Gasteiger charge is 2.23. The van der Waals surface area contributed by atoms with Gasteiger partial charge in [0.05, 0.1) is 5.52 Å². The molecule has 1 aliphatic rings. The molecule has 2 heterocycles. The second-order valence-corrected chi connectivity index (χ2v) is 4.40. The Kier molecular flexibility index (Phi) is 2.64. The Labute approximate surface area is 107 Å². The molecule has 92 valence electrons. The Morgan fingerprint density at radius 1 is 1.11 bits per heavy atom. The van der Waals surface area contributed by atoms with Crippen LogP contribution in [0.2, 0.25) is 0 Å². The Balaban J connectivity index is 2.02. The molecule has 1 atom stereocenters. The van der Waals surface area contributed by atoms with Gasteiger partial charge in [-0.3, -0.25) is 10.2 Å². The molecule has 0 unspecified atom stereocenters. The van der Waals surface area contributed by atoms with Gasteiger partial charge in [0.15, 0.2) is 6.29 Å². The predicted molar refractivity (Wildman–Crippen MR) is 74.0 cm³/mol. The van der Waals surface area contributed by atoms with Gasteiger partial charge in [0.2, 0.25) is 0 Å². The molecular weight excluding hydrogens is 224 g/mol. The summed E-state index contributed by atoms with van der Waals surface area (Å²) in [7, 11) is 3.99. The number of para-hydroxylation sites is 1. The molecule has 2 aromatic rings. The molecule has 1 aromatic carbocycles. The van der Waals surface area contributed by atoms with Crippen LogP contribution >= 0.6 is 0 Å². The van der Waals surface area contributed by atoms with Crippen LogP contribution in [0.15, 0.2) is 48.8 Å². The maximum atomic E-state index is 4.70. The zero-order chi connectivity index (χ0) is 12.5. The van der Waals surface area contributed by atoms with Crippen molar-refractivity contribution in [1.29, 1.82) is 0 Å².